The van der Waals surface area contributed by atoms with Gasteiger partial charge in [0.1, 0.15) is 0 Å². The van der Waals surface area contributed by atoms with Crippen LogP contribution < -0.4 is 0 Å². The van der Waals surface area contributed by atoms with Gasteiger partial charge >= 0.3 is 5.97 Å². The van der Waals surface area contributed by atoms with E-state index >= 15 is 0 Å². The maximum atomic E-state index is 11.8. The van der Waals surface area contributed by atoms with E-state index in [2.05, 4.69) is 30.8 Å². The molecule has 0 spiro atoms. The van der Waals surface area contributed by atoms with Crippen molar-refractivity contribution >= 4 is 5.97 Å². The lowest BCUT2D eigenvalue weighted by atomic mass is 10.1. The topological polar surface area (TPSA) is 32.8 Å². The molecule has 0 aliphatic carbocycles. The number of methoxy groups -OCH3 is 1. The maximum absolute atomic E-state index is 11.8. The van der Waals surface area contributed by atoms with Crippen LogP contribution in [0.15, 0.2) is 24.3 Å². The molecule has 0 aliphatic rings. The highest BCUT2D eigenvalue weighted by molar-refractivity contribution is 5.90. The van der Waals surface area contributed by atoms with Crippen LogP contribution in [0.5, 0.6) is 0 Å². The molecule has 0 saturated heterocycles. The van der Waals surface area contributed by atoms with Crippen LogP contribution in [0.1, 0.15) is 29.3 Å². The average Bonchev–Trinajstić information content (AvgIpc) is 2.45. The molecule has 0 amide bonds. The van der Waals surface area contributed by atoms with E-state index in [4.69, 9.17) is 4.74 Å². The maximum Gasteiger partial charge on any atom is 0.338 e. The Balaban J connectivity index is 2.67. The highest BCUT2D eigenvalue weighted by atomic mass is 16.5. The fraction of sp³-hybridized carbons (Fsp3) is 0.562. The number of benzene rings is 1. The first kappa shape index (κ1) is 16.7. The minimum Gasteiger partial charge on any atom is -0.465 e. The summed E-state index contributed by atoms with van der Waals surface area (Å²) in [4.78, 5) is 16.3. The van der Waals surface area contributed by atoms with Crippen LogP contribution in [0.4, 0.5) is 0 Å². The predicted octanol–water partition coefficient (Wildman–Crippen LogP) is 2.25. The molecular formula is C16H26N2O2. The Bertz CT molecular complexity index is 419. The van der Waals surface area contributed by atoms with Crippen molar-refractivity contribution in [2.75, 3.05) is 40.8 Å². The zero-order chi connectivity index (χ0) is 15.0. The molecule has 0 atom stereocenters. The monoisotopic (exact) mass is 278 g/mol. The van der Waals surface area contributed by atoms with Crippen LogP contribution in [0.25, 0.3) is 0 Å². The van der Waals surface area contributed by atoms with E-state index in [1.165, 1.54) is 7.11 Å². The van der Waals surface area contributed by atoms with Gasteiger partial charge in [-0.2, -0.15) is 0 Å². The first-order chi connectivity index (χ1) is 9.58. The third-order valence-electron chi connectivity index (χ3n) is 3.34. The first-order valence-electron chi connectivity index (χ1n) is 7.11. The van der Waals surface area contributed by atoms with E-state index in [0.717, 1.165) is 38.2 Å². The number of esters is 1. The number of rotatable bonds is 8. The zero-order valence-electron chi connectivity index (χ0n) is 13.1. The summed E-state index contributed by atoms with van der Waals surface area (Å²) in [6.07, 6.45) is 1.13. The number of ether oxygens (including phenoxy) is 1. The fourth-order valence-corrected chi connectivity index (χ4v) is 2.17. The van der Waals surface area contributed by atoms with Crippen LogP contribution in [-0.2, 0) is 11.3 Å². The van der Waals surface area contributed by atoms with Gasteiger partial charge in [0, 0.05) is 6.54 Å². The van der Waals surface area contributed by atoms with Crippen molar-refractivity contribution in [3.05, 3.63) is 35.4 Å². The van der Waals surface area contributed by atoms with E-state index in [-0.39, 0.29) is 5.97 Å². The molecule has 112 valence electrons. The Kier molecular flexibility index (Phi) is 7.26. The van der Waals surface area contributed by atoms with Gasteiger partial charge in [-0.15, -0.1) is 0 Å². The average molecular weight is 278 g/mol. The van der Waals surface area contributed by atoms with Gasteiger partial charge in [0.2, 0.25) is 0 Å². The van der Waals surface area contributed by atoms with Crippen molar-refractivity contribution in [1.82, 2.24) is 9.80 Å². The second-order valence-corrected chi connectivity index (χ2v) is 5.17. The fourth-order valence-electron chi connectivity index (χ4n) is 2.17. The second kappa shape index (κ2) is 8.72. The minimum absolute atomic E-state index is 0.259. The van der Waals surface area contributed by atoms with Crippen molar-refractivity contribution in [2.24, 2.45) is 0 Å². The number of hydrogen-bond acceptors (Lipinski definition) is 4. The summed E-state index contributed by atoms with van der Waals surface area (Å²) < 4.78 is 4.84. The number of carbonyl (C=O) groups is 1. The second-order valence-electron chi connectivity index (χ2n) is 5.17. The third-order valence-corrected chi connectivity index (χ3v) is 3.34. The number of carbonyl (C=O) groups excluding carboxylic acids is 1. The van der Waals surface area contributed by atoms with Crippen LogP contribution in [0.2, 0.25) is 0 Å². The quantitative estimate of drug-likeness (QED) is 0.683. The highest BCUT2D eigenvalue weighted by Crippen LogP contribution is 2.13. The molecule has 0 aromatic heterocycles. The van der Waals surface area contributed by atoms with E-state index in [1.807, 2.05) is 24.3 Å². The van der Waals surface area contributed by atoms with Crippen molar-refractivity contribution in [1.29, 1.82) is 0 Å². The Morgan fingerprint density at radius 1 is 1.20 bits per heavy atom. The van der Waals surface area contributed by atoms with Crippen LogP contribution in [-0.4, -0.2) is 56.6 Å². The van der Waals surface area contributed by atoms with Gasteiger partial charge in [-0.1, -0.05) is 25.1 Å². The lowest BCUT2D eigenvalue weighted by Gasteiger charge is -2.22. The molecule has 0 saturated carbocycles. The molecule has 0 heterocycles. The Hall–Kier alpha value is -1.39. The largest absolute Gasteiger partial charge is 0.465 e. The molecule has 0 bridgehead atoms. The molecular weight excluding hydrogens is 252 g/mol. The minimum atomic E-state index is -0.259. The Labute approximate surface area is 122 Å². The standard InChI is InChI=1S/C16H26N2O2/c1-5-18(12-8-11-17(2)3)13-14-9-6-7-10-15(14)16(19)20-4/h6-7,9-10H,5,8,11-13H2,1-4H3. The predicted molar refractivity (Wildman–Crippen MR) is 81.9 cm³/mol. The van der Waals surface area contributed by atoms with Crippen molar-refractivity contribution in [2.45, 2.75) is 19.9 Å². The molecule has 4 heteroatoms. The molecule has 1 rings (SSSR count). The van der Waals surface area contributed by atoms with Gasteiger partial charge < -0.3 is 9.64 Å². The molecule has 0 unspecified atom stereocenters. The molecule has 0 fully saturated rings. The number of nitrogens with zero attached hydrogens (tertiary/aromatic N) is 2. The summed E-state index contributed by atoms with van der Waals surface area (Å²) >= 11 is 0. The summed E-state index contributed by atoms with van der Waals surface area (Å²) in [7, 11) is 5.60. The van der Waals surface area contributed by atoms with Gasteiger partial charge in [-0.25, -0.2) is 4.79 Å². The van der Waals surface area contributed by atoms with Gasteiger partial charge in [0.05, 0.1) is 12.7 Å². The molecule has 4 nitrogen and oxygen atoms in total. The summed E-state index contributed by atoms with van der Waals surface area (Å²) in [6, 6.07) is 7.67. The Morgan fingerprint density at radius 3 is 2.50 bits per heavy atom. The molecule has 0 N–H and O–H groups in total. The molecule has 0 aliphatic heterocycles. The van der Waals surface area contributed by atoms with E-state index in [0.29, 0.717) is 5.56 Å². The third kappa shape index (κ3) is 5.31. The lowest BCUT2D eigenvalue weighted by molar-refractivity contribution is 0.0598. The number of hydrogen-bond donors (Lipinski definition) is 0. The smallest absolute Gasteiger partial charge is 0.338 e. The highest BCUT2D eigenvalue weighted by Gasteiger charge is 2.13. The van der Waals surface area contributed by atoms with Crippen LogP contribution in [0.3, 0.4) is 0 Å². The van der Waals surface area contributed by atoms with Gasteiger partial charge in [-0.05, 0) is 51.8 Å². The van der Waals surface area contributed by atoms with Crippen molar-refractivity contribution in [3.63, 3.8) is 0 Å². The summed E-state index contributed by atoms with van der Waals surface area (Å²) in [5, 5.41) is 0. The van der Waals surface area contributed by atoms with Gasteiger partial charge in [0.25, 0.3) is 0 Å². The Morgan fingerprint density at radius 2 is 1.90 bits per heavy atom. The summed E-state index contributed by atoms with van der Waals surface area (Å²) in [6.45, 7) is 6.02. The van der Waals surface area contributed by atoms with Gasteiger partial charge in [0.15, 0.2) is 0 Å². The molecule has 20 heavy (non-hydrogen) atoms. The molecule has 1 aromatic rings. The zero-order valence-corrected chi connectivity index (χ0v) is 13.1. The van der Waals surface area contributed by atoms with Crippen molar-refractivity contribution < 1.29 is 9.53 Å². The van der Waals surface area contributed by atoms with E-state index < -0.39 is 0 Å². The molecule has 1 aromatic carbocycles. The van der Waals surface area contributed by atoms with Crippen LogP contribution >= 0.6 is 0 Å². The summed E-state index contributed by atoms with van der Waals surface area (Å²) in [5.74, 6) is -0.259. The summed E-state index contributed by atoms with van der Waals surface area (Å²) in [5.41, 5.74) is 1.70. The first-order valence-corrected chi connectivity index (χ1v) is 7.11. The SMILES string of the molecule is CCN(CCCN(C)C)Cc1ccccc1C(=O)OC. The van der Waals surface area contributed by atoms with Gasteiger partial charge in [-0.3, -0.25) is 4.90 Å². The normalized spacial score (nSPS) is 11.1. The lowest BCUT2D eigenvalue weighted by Crippen LogP contribution is -2.27. The van der Waals surface area contributed by atoms with E-state index in [1.54, 1.807) is 0 Å². The molecule has 0 radical (unpaired) electrons. The van der Waals surface area contributed by atoms with Crippen molar-refractivity contribution in [3.8, 4) is 0 Å². The van der Waals surface area contributed by atoms with Crippen LogP contribution in [0, 0.1) is 0 Å². The van der Waals surface area contributed by atoms with E-state index in [9.17, 15) is 4.79 Å².